The van der Waals surface area contributed by atoms with Crippen molar-refractivity contribution in [3.05, 3.63) is 63.9 Å². The first kappa shape index (κ1) is 16.9. The van der Waals surface area contributed by atoms with Crippen molar-refractivity contribution in [1.82, 2.24) is 10.3 Å². The zero-order valence-electron chi connectivity index (χ0n) is 13.8. The van der Waals surface area contributed by atoms with E-state index in [9.17, 15) is 9.59 Å². The number of carbonyl (C=O) groups excluding carboxylic acids is 2. The van der Waals surface area contributed by atoms with Crippen molar-refractivity contribution in [2.45, 2.75) is 20.4 Å². The molecule has 6 nitrogen and oxygen atoms in total. The first-order valence-corrected chi connectivity index (χ1v) is 8.47. The van der Waals surface area contributed by atoms with Gasteiger partial charge in [-0.05, 0) is 43.7 Å². The minimum absolute atomic E-state index is 0.191. The summed E-state index contributed by atoms with van der Waals surface area (Å²) in [5, 5.41) is 3.54. The van der Waals surface area contributed by atoms with Gasteiger partial charge in [0.1, 0.15) is 10.6 Å². The van der Waals surface area contributed by atoms with Crippen molar-refractivity contribution in [1.29, 1.82) is 0 Å². The molecule has 3 rings (SSSR count). The summed E-state index contributed by atoms with van der Waals surface area (Å²) in [5.41, 5.74) is 7.19. The fourth-order valence-corrected chi connectivity index (χ4v) is 3.26. The molecule has 128 valence electrons. The fraction of sp³-hybridized carbons (Fsp3) is 0.167. The van der Waals surface area contributed by atoms with Gasteiger partial charge in [-0.3, -0.25) is 9.59 Å². The average molecular weight is 355 g/mol. The summed E-state index contributed by atoms with van der Waals surface area (Å²) in [4.78, 5) is 28.4. The number of hydrogen-bond donors (Lipinski definition) is 2. The minimum Gasteiger partial charge on any atom is -0.459 e. The van der Waals surface area contributed by atoms with Crippen molar-refractivity contribution < 1.29 is 14.0 Å². The van der Waals surface area contributed by atoms with E-state index in [4.69, 9.17) is 10.2 Å². The van der Waals surface area contributed by atoms with Crippen LogP contribution in [0.1, 0.15) is 37.0 Å². The molecule has 0 saturated heterocycles. The molecule has 0 saturated carbocycles. The van der Waals surface area contributed by atoms with Crippen LogP contribution in [-0.2, 0) is 6.54 Å². The number of rotatable bonds is 5. The Labute approximate surface area is 148 Å². The number of aromatic nitrogens is 1. The van der Waals surface area contributed by atoms with Crippen LogP contribution in [0.15, 0.2) is 40.8 Å². The SMILES string of the molecule is Cc1ccc(-c2nc(C)c(C(=O)NCc3ccc(C(N)=O)cc3)s2)o1. The molecule has 3 aromatic rings. The Bertz CT molecular complexity index is 925. The van der Waals surface area contributed by atoms with Crippen LogP contribution in [0.5, 0.6) is 0 Å². The number of nitrogens with zero attached hydrogens (tertiary/aromatic N) is 1. The molecule has 0 atom stereocenters. The first-order chi connectivity index (χ1) is 11.9. The summed E-state index contributed by atoms with van der Waals surface area (Å²) in [7, 11) is 0. The predicted octanol–water partition coefficient (Wildman–Crippen LogP) is 3.05. The van der Waals surface area contributed by atoms with Crippen molar-refractivity contribution in [2.75, 3.05) is 0 Å². The van der Waals surface area contributed by atoms with Crippen LogP contribution in [0.4, 0.5) is 0 Å². The van der Waals surface area contributed by atoms with Crippen molar-refractivity contribution >= 4 is 23.2 Å². The molecule has 2 amide bonds. The van der Waals surface area contributed by atoms with Gasteiger partial charge >= 0.3 is 0 Å². The average Bonchev–Trinajstić information content (AvgIpc) is 3.19. The second kappa shape index (κ2) is 6.90. The second-order valence-corrected chi connectivity index (χ2v) is 6.59. The zero-order chi connectivity index (χ0) is 18.0. The number of aryl methyl sites for hydroxylation is 2. The third-order valence-electron chi connectivity index (χ3n) is 3.65. The molecule has 7 heteroatoms. The van der Waals surface area contributed by atoms with Gasteiger partial charge < -0.3 is 15.5 Å². The van der Waals surface area contributed by atoms with Gasteiger partial charge in [0.2, 0.25) is 5.91 Å². The normalized spacial score (nSPS) is 10.6. The Kier molecular flexibility index (Phi) is 4.67. The highest BCUT2D eigenvalue weighted by Gasteiger charge is 2.17. The highest BCUT2D eigenvalue weighted by atomic mass is 32.1. The van der Waals surface area contributed by atoms with E-state index in [0.717, 1.165) is 11.3 Å². The Balaban J connectivity index is 1.69. The maximum absolute atomic E-state index is 12.4. The molecular formula is C18H17N3O3S. The molecule has 0 unspecified atom stereocenters. The predicted molar refractivity (Wildman–Crippen MR) is 95.4 cm³/mol. The summed E-state index contributed by atoms with van der Waals surface area (Å²) < 4.78 is 5.56. The quantitative estimate of drug-likeness (QED) is 0.735. The van der Waals surface area contributed by atoms with Crippen LogP contribution in [0.3, 0.4) is 0 Å². The van der Waals surface area contributed by atoms with Crippen molar-refractivity contribution in [3.63, 3.8) is 0 Å². The third-order valence-corrected chi connectivity index (χ3v) is 4.82. The molecule has 0 fully saturated rings. The lowest BCUT2D eigenvalue weighted by molar-refractivity contribution is 0.0952. The summed E-state index contributed by atoms with van der Waals surface area (Å²) >= 11 is 1.30. The van der Waals surface area contributed by atoms with Gasteiger partial charge in [-0.2, -0.15) is 0 Å². The van der Waals surface area contributed by atoms with Gasteiger partial charge in [-0.15, -0.1) is 11.3 Å². The van der Waals surface area contributed by atoms with Crippen LogP contribution in [0.2, 0.25) is 0 Å². The molecule has 0 aliphatic rings. The summed E-state index contributed by atoms with van der Waals surface area (Å²) in [6.07, 6.45) is 0. The Morgan fingerprint density at radius 3 is 2.48 bits per heavy atom. The Morgan fingerprint density at radius 1 is 1.16 bits per heavy atom. The topological polar surface area (TPSA) is 98.2 Å². The highest BCUT2D eigenvalue weighted by molar-refractivity contribution is 7.17. The summed E-state index contributed by atoms with van der Waals surface area (Å²) in [6.45, 7) is 4.01. The molecular weight excluding hydrogens is 338 g/mol. The van der Waals surface area contributed by atoms with Crippen molar-refractivity contribution in [2.24, 2.45) is 5.73 Å². The smallest absolute Gasteiger partial charge is 0.263 e. The number of thiazole rings is 1. The molecule has 2 aromatic heterocycles. The van der Waals surface area contributed by atoms with E-state index in [2.05, 4.69) is 10.3 Å². The molecule has 0 aliphatic carbocycles. The van der Waals surface area contributed by atoms with E-state index >= 15 is 0 Å². The summed E-state index contributed by atoms with van der Waals surface area (Å²) in [5.74, 6) is 0.792. The second-order valence-electron chi connectivity index (χ2n) is 5.59. The highest BCUT2D eigenvalue weighted by Crippen LogP contribution is 2.29. The van der Waals surface area contributed by atoms with E-state index < -0.39 is 5.91 Å². The van der Waals surface area contributed by atoms with Gasteiger partial charge in [0.15, 0.2) is 10.8 Å². The lowest BCUT2D eigenvalue weighted by Crippen LogP contribution is -2.22. The van der Waals surface area contributed by atoms with E-state index in [0.29, 0.717) is 33.4 Å². The van der Waals surface area contributed by atoms with Gasteiger partial charge in [-0.25, -0.2) is 4.98 Å². The van der Waals surface area contributed by atoms with E-state index in [1.165, 1.54) is 11.3 Å². The van der Waals surface area contributed by atoms with Crippen molar-refractivity contribution in [3.8, 4) is 10.8 Å². The van der Waals surface area contributed by atoms with E-state index in [-0.39, 0.29) is 5.91 Å². The van der Waals surface area contributed by atoms with Crippen LogP contribution >= 0.6 is 11.3 Å². The van der Waals surface area contributed by atoms with E-state index in [1.54, 1.807) is 31.2 Å². The third kappa shape index (κ3) is 3.77. The van der Waals surface area contributed by atoms with Crippen LogP contribution in [-0.4, -0.2) is 16.8 Å². The van der Waals surface area contributed by atoms with Gasteiger partial charge in [0.05, 0.1) is 5.69 Å². The minimum atomic E-state index is -0.475. The number of benzene rings is 1. The number of carbonyl (C=O) groups is 2. The fourth-order valence-electron chi connectivity index (χ4n) is 2.31. The number of primary amides is 1. The molecule has 0 aliphatic heterocycles. The van der Waals surface area contributed by atoms with Gasteiger partial charge in [0, 0.05) is 12.1 Å². The van der Waals surface area contributed by atoms with Gasteiger partial charge in [0.25, 0.3) is 5.91 Å². The Morgan fingerprint density at radius 2 is 1.88 bits per heavy atom. The summed E-state index contributed by atoms with van der Waals surface area (Å²) in [6, 6.07) is 10.5. The molecule has 25 heavy (non-hydrogen) atoms. The van der Waals surface area contributed by atoms with Gasteiger partial charge in [-0.1, -0.05) is 12.1 Å². The van der Waals surface area contributed by atoms with E-state index in [1.807, 2.05) is 19.1 Å². The number of amides is 2. The van der Waals surface area contributed by atoms with Crippen LogP contribution in [0, 0.1) is 13.8 Å². The number of furan rings is 1. The maximum atomic E-state index is 12.4. The maximum Gasteiger partial charge on any atom is 0.263 e. The first-order valence-electron chi connectivity index (χ1n) is 7.65. The van der Waals surface area contributed by atoms with Crippen LogP contribution < -0.4 is 11.1 Å². The number of nitrogens with one attached hydrogen (secondary N) is 1. The largest absolute Gasteiger partial charge is 0.459 e. The number of nitrogens with two attached hydrogens (primary N) is 1. The van der Waals surface area contributed by atoms with Crippen LogP contribution in [0.25, 0.3) is 10.8 Å². The zero-order valence-corrected chi connectivity index (χ0v) is 14.6. The standard InChI is InChI=1S/C18H17N3O3S/c1-10-3-8-14(24-10)18-21-11(2)15(25-18)17(23)20-9-12-4-6-13(7-5-12)16(19)22/h3-8H,9H2,1-2H3,(H2,19,22)(H,20,23). The lowest BCUT2D eigenvalue weighted by Gasteiger charge is -2.05. The molecule has 3 N–H and O–H groups in total. The number of hydrogen-bond acceptors (Lipinski definition) is 5. The molecule has 0 bridgehead atoms. The molecule has 1 aromatic carbocycles. The lowest BCUT2D eigenvalue weighted by atomic mass is 10.1. The molecule has 0 radical (unpaired) electrons. The molecule has 0 spiro atoms. The Hall–Kier alpha value is -2.93. The monoisotopic (exact) mass is 355 g/mol. The molecule has 2 heterocycles.